The van der Waals surface area contributed by atoms with Gasteiger partial charge in [0.1, 0.15) is 17.1 Å². The predicted molar refractivity (Wildman–Crippen MR) is 125 cm³/mol. The number of halogens is 1. The molecule has 0 bridgehead atoms. The molecule has 1 amide bonds. The van der Waals surface area contributed by atoms with Gasteiger partial charge >= 0.3 is 0 Å². The van der Waals surface area contributed by atoms with Gasteiger partial charge in [-0.3, -0.25) is 9.59 Å². The maximum atomic E-state index is 13.3. The summed E-state index contributed by atoms with van der Waals surface area (Å²) in [6.07, 6.45) is 0. The highest BCUT2D eigenvalue weighted by atomic mass is 19.1. The van der Waals surface area contributed by atoms with Crippen LogP contribution in [0.4, 0.5) is 10.1 Å². The van der Waals surface area contributed by atoms with Crippen molar-refractivity contribution in [1.29, 1.82) is 0 Å². The van der Waals surface area contributed by atoms with Crippen LogP contribution in [0.25, 0.3) is 11.0 Å². The zero-order valence-electron chi connectivity index (χ0n) is 18.6. The largest absolute Gasteiger partial charge is 0.483 e. The van der Waals surface area contributed by atoms with E-state index in [2.05, 4.69) is 19.2 Å². The fourth-order valence-corrected chi connectivity index (χ4v) is 3.62. The van der Waals surface area contributed by atoms with E-state index in [0.717, 1.165) is 11.1 Å². The van der Waals surface area contributed by atoms with E-state index in [0.29, 0.717) is 16.7 Å². The Morgan fingerprint density at radius 1 is 1.03 bits per heavy atom. The number of furan rings is 1. The molecule has 0 aliphatic rings. The Bertz CT molecular complexity index is 1320. The molecule has 33 heavy (non-hydrogen) atoms. The first-order chi connectivity index (χ1) is 15.8. The smallest absolute Gasteiger partial charge is 0.262 e. The average Bonchev–Trinajstić information content (AvgIpc) is 3.16. The number of amides is 1. The molecule has 0 saturated carbocycles. The van der Waals surface area contributed by atoms with E-state index in [-0.39, 0.29) is 29.5 Å². The van der Waals surface area contributed by atoms with Crippen molar-refractivity contribution < 1.29 is 23.1 Å². The first kappa shape index (κ1) is 22.3. The summed E-state index contributed by atoms with van der Waals surface area (Å²) in [6.45, 7) is 5.85. The number of nitrogens with one attached hydrogen (secondary N) is 1. The Morgan fingerprint density at radius 3 is 2.48 bits per heavy atom. The number of rotatable bonds is 7. The van der Waals surface area contributed by atoms with Gasteiger partial charge in [0.15, 0.2) is 12.4 Å². The highest BCUT2D eigenvalue weighted by molar-refractivity contribution is 6.17. The fourth-order valence-electron chi connectivity index (χ4n) is 3.62. The van der Waals surface area contributed by atoms with Crippen molar-refractivity contribution in [2.45, 2.75) is 26.7 Å². The van der Waals surface area contributed by atoms with Gasteiger partial charge in [-0.2, -0.15) is 0 Å². The zero-order chi connectivity index (χ0) is 23.5. The van der Waals surface area contributed by atoms with Crippen LogP contribution in [0, 0.1) is 12.7 Å². The Balaban J connectivity index is 1.60. The summed E-state index contributed by atoms with van der Waals surface area (Å²) in [6, 6.07) is 18.1. The molecule has 0 atom stereocenters. The molecule has 1 aromatic heterocycles. The molecule has 0 aliphatic heterocycles. The van der Waals surface area contributed by atoms with Gasteiger partial charge < -0.3 is 14.5 Å². The third-order valence-electron chi connectivity index (χ3n) is 5.32. The van der Waals surface area contributed by atoms with E-state index in [1.54, 1.807) is 24.3 Å². The number of aryl methyl sites for hydroxylation is 1. The van der Waals surface area contributed by atoms with Crippen molar-refractivity contribution in [1.82, 2.24) is 0 Å². The van der Waals surface area contributed by atoms with E-state index in [1.165, 1.54) is 24.3 Å². The van der Waals surface area contributed by atoms with Gasteiger partial charge in [0, 0.05) is 10.9 Å². The van der Waals surface area contributed by atoms with Crippen LogP contribution < -0.4 is 10.1 Å². The minimum absolute atomic E-state index is 0.0189. The normalized spacial score (nSPS) is 11.1. The van der Waals surface area contributed by atoms with Gasteiger partial charge in [0.05, 0.1) is 5.69 Å². The minimum atomic E-state index is -0.455. The maximum Gasteiger partial charge on any atom is 0.262 e. The molecule has 5 nitrogen and oxygen atoms in total. The molecule has 0 unspecified atom stereocenters. The first-order valence-corrected chi connectivity index (χ1v) is 10.7. The first-order valence-electron chi connectivity index (χ1n) is 10.7. The van der Waals surface area contributed by atoms with Gasteiger partial charge in [0.2, 0.25) is 5.78 Å². The molecular weight excluding hydrogens is 421 g/mol. The van der Waals surface area contributed by atoms with Crippen molar-refractivity contribution in [3.63, 3.8) is 0 Å². The van der Waals surface area contributed by atoms with E-state index in [4.69, 9.17) is 9.15 Å². The van der Waals surface area contributed by atoms with Gasteiger partial charge in [-0.15, -0.1) is 0 Å². The highest BCUT2D eigenvalue weighted by Crippen LogP contribution is 2.33. The zero-order valence-corrected chi connectivity index (χ0v) is 18.6. The molecule has 0 aliphatic carbocycles. The lowest BCUT2D eigenvalue weighted by Crippen LogP contribution is -2.21. The molecule has 6 heteroatoms. The summed E-state index contributed by atoms with van der Waals surface area (Å²) in [5.41, 5.74) is 3.02. The SMILES string of the molecule is Cc1ccc(C(C)C)c(OCC(=O)Nc2c(C(=O)c3ccc(F)cc3)oc3ccccc23)c1. The molecule has 4 rings (SSSR count). The number of benzene rings is 3. The number of ketones is 1. The second kappa shape index (κ2) is 9.28. The highest BCUT2D eigenvalue weighted by Gasteiger charge is 2.23. The number of anilines is 1. The minimum Gasteiger partial charge on any atom is -0.483 e. The predicted octanol–water partition coefficient (Wildman–Crippen LogP) is 6.25. The van der Waals surface area contributed by atoms with Crippen molar-refractivity contribution >= 4 is 28.3 Å². The number of hydrogen-bond acceptors (Lipinski definition) is 4. The van der Waals surface area contributed by atoms with Crippen LogP contribution in [0.3, 0.4) is 0 Å². The quantitative estimate of drug-likeness (QED) is 0.341. The molecule has 1 heterocycles. The van der Waals surface area contributed by atoms with Crippen molar-refractivity contribution in [2.75, 3.05) is 11.9 Å². The Hall–Kier alpha value is -3.93. The van der Waals surface area contributed by atoms with E-state index in [1.807, 2.05) is 25.1 Å². The Labute approximate surface area is 191 Å². The van der Waals surface area contributed by atoms with Gasteiger partial charge in [-0.1, -0.05) is 38.1 Å². The van der Waals surface area contributed by atoms with E-state index < -0.39 is 17.5 Å². The summed E-state index contributed by atoms with van der Waals surface area (Å²) in [4.78, 5) is 25.9. The topological polar surface area (TPSA) is 68.5 Å². The number of carbonyl (C=O) groups is 2. The number of para-hydroxylation sites is 1. The molecular formula is C27H24FNO4. The van der Waals surface area contributed by atoms with Crippen LogP contribution in [-0.2, 0) is 4.79 Å². The van der Waals surface area contributed by atoms with Crippen molar-refractivity contribution in [3.05, 3.63) is 95.0 Å². The van der Waals surface area contributed by atoms with Crippen LogP contribution >= 0.6 is 0 Å². The second-order valence-electron chi connectivity index (χ2n) is 8.17. The summed E-state index contributed by atoms with van der Waals surface area (Å²) < 4.78 is 24.9. The van der Waals surface area contributed by atoms with Crippen LogP contribution in [0.5, 0.6) is 5.75 Å². The van der Waals surface area contributed by atoms with Gasteiger partial charge in [0.25, 0.3) is 5.91 Å². The van der Waals surface area contributed by atoms with Crippen LogP contribution in [0.2, 0.25) is 0 Å². The number of hydrogen-bond donors (Lipinski definition) is 1. The lowest BCUT2D eigenvalue weighted by atomic mass is 10.0. The molecule has 3 aromatic carbocycles. The summed E-state index contributed by atoms with van der Waals surface area (Å²) in [7, 11) is 0. The number of carbonyl (C=O) groups excluding carboxylic acids is 2. The summed E-state index contributed by atoms with van der Waals surface area (Å²) >= 11 is 0. The van der Waals surface area contributed by atoms with E-state index in [9.17, 15) is 14.0 Å². The molecule has 0 saturated heterocycles. The molecule has 0 radical (unpaired) electrons. The maximum absolute atomic E-state index is 13.3. The molecule has 1 N–H and O–H groups in total. The van der Waals surface area contributed by atoms with Crippen LogP contribution in [0.15, 0.2) is 71.1 Å². The molecule has 0 spiro atoms. The standard InChI is InChI=1S/C27H24FNO4/c1-16(2)20-13-8-17(3)14-23(20)32-15-24(30)29-25-21-6-4-5-7-22(21)33-27(25)26(31)18-9-11-19(28)12-10-18/h4-14,16H,15H2,1-3H3,(H,29,30). The summed E-state index contributed by atoms with van der Waals surface area (Å²) in [5.74, 6) is -0.455. The van der Waals surface area contributed by atoms with Gasteiger partial charge in [-0.05, 0) is 66.4 Å². The fraction of sp³-hybridized carbons (Fsp3) is 0.185. The molecule has 0 fully saturated rings. The average molecular weight is 445 g/mol. The Kier molecular flexibility index (Phi) is 6.27. The monoisotopic (exact) mass is 445 g/mol. The van der Waals surface area contributed by atoms with E-state index >= 15 is 0 Å². The second-order valence-corrected chi connectivity index (χ2v) is 8.17. The van der Waals surface area contributed by atoms with Gasteiger partial charge in [-0.25, -0.2) is 4.39 Å². The van der Waals surface area contributed by atoms with Crippen LogP contribution in [-0.4, -0.2) is 18.3 Å². The lowest BCUT2D eigenvalue weighted by Gasteiger charge is -2.15. The number of ether oxygens (including phenoxy) is 1. The summed E-state index contributed by atoms with van der Waals surface area (Å²) in [5, 5.41) is 3.37. The Morgan fingerprint density at radius 2 is 1.76 bits per heavy atom. The van der Waals surface area contributed by atoms with Crippen molar-refractivity contribution in [2.24, 2.45) is 0 Å². The third kappa shape index (κ3) is 4.80. The lowest BCUT2D eigenvalue weighted by molar-refractivity contribution is -0.118. The molecule has 4 aromatic rings. The third-order valence-corrected chi connectivity index (χ3v) is 5.32. The van der Waals surface area contributed by atoms with Crippen LogP contribution in [0.1, 0.15) is 47.0 Å². The van der Waals surface area contributed by atoms with Crippen molar-refractivity contribution in [3.8, 4) is 5.75 Å². The number of fused-ring (bicyclic) bond motifs is 1. The molecule has 168 valence electrons.